The van der Waals surface area contributed by atoms with E-state index < -0.39 is 0 Å². The van der Waals surface area contributed by atoms with Gasteiger partial charge < -0.3 is 10.5 Å². The summed E-state index contributed by atoms with van der Waals surface area (Å²) in [7, 11) is 0. The molecule has 0 aromatic rings. The molecule has 0 aliphatic carbocycles. The van der Waals surface area contributed by atoms with Crippen molar-refractivity contribution in [2.24, 2.45) is 11.7 Å². The maximum atomic E-state index is 5.88. The van der Waals surface area contributed by atoms with E-state index in [1.54, 1.807) is 0 Å². The van der Waals surface area contributed by atoms with Crippen molar-refractivity contribution in [3.63, 3.8) is 0 Å². The zero-order chi connectivity index (χ0) is 30.4. The number of ether oxygens (including phenoxy) is 1. The average Bonchev–Trinajstić information content (AvgIpc) is 3.00. The lowest BCUT2D eigenvalue weighted by molar-refractivity contribution is 0.0966. The number of hydrogen-bond donors (Lipinski definition) is 1. The Balaban J connectivity index is 3.52. The molecule has 0 fully saturated rings. The van der Waals surface area contributed by atoms with E-state index in [0.29, 0.717) is 6.54 Å². The molecular formula is C40H83NO. The van der Waals surface area contributed by atoms with Crippen molar-refractivity contribution < 1.29 is 4.74 Å². The minimum Gasteiger partial charge on any atom is -0.380 e. The molecule has 254 valence electrons. The van der Waals surface area contributed by atoms with Gasteiger partial charge in [-0.25, -0.2) is 0 Å². The predicted molar refractivity (Wildman–Crippen MR) is 192 cm³/mol. The molecule has 0 aliphatic heterocycles. The molecule has 0 saturated heterocycles. The normalized spacial score (nSPS) is 11.7. The summed E-state index contributed by atoms with van der Waals surface area (Å²) in [5, 5.41) is 0. The van der Waals surface area contributed by atoms with Crippen LogP contribution in [0, 0.1) is 5.92 Å². The lowest BCUT2D eigenvalue weighted by atomic mass is 9.94. The van der Waals surface area contributed by atoms with E-state index in [1.807, 2.05) is 0 Å². The first kappa shape index (κ1) is 41.9. The molecule has 0 atom stereocenters. The summed E-state index contributed by atoms with van der Waals surface area (Å²) in [5.74, 6) is 0.759. The maximum Gasteiger partial charge on any atom is 0.0588 e. The zero-order valence-electron chi connectivity index (χ0n) is 29.7. The molecule has 0 aliphatic rings. The highest BCUT2D eigenvalue weighted by Crippen LogP contribution is 2.21. The Labute approximate surface area is 267 Å². The Bertz CT molecular complexity index is 417. The van der Waals surface area contributed by atoms with Crippen molar-refractivity contribution in [1.29, 1.82) is 0 Å². The lowest BCUT2D eigenvalue weighted by Crippen LogP contribution is -2.15. The van der Waals surface area contributed by atoms with E-state index in [-0.39, 0.29) is 0 Å². The molecule has 2 nitrogen and oxygen atoms in total. The highest BCUT2D eigenvalue weighted by molar-refractivity contribution is 4.61. The summed E-state index contributed by atoms with van der Waals surface area (Å²) in [6.07, 6.45) is 49.1. The first-order valence-electron chi connectivity index (χ1n) is 20.1. The minimum atomic E-state index is 0.658. The topological polar surface area (TPSA) is 35.2 Å². The van der Waals surface area contributed by atoms with Gasteiger partial charge in [-0.05, 0) is 18.8 Å². The summed E-state index contributed by atoms with van der Waals surface area (Å²) < 4.78 is 5.88. The average molecular weight is 594 g/mol. The molecule has 0 aromatic carbocycles. The summed E-state index contributed by atoms with van der Waals surface area (Å²) >= 11 is 0. The third-order valence-electron chi connectivity index (χ3n) is 9.55. The van der Waals surface area contributed by atoms with E-state index in [1.165, 1.54) is 218 Å². The van der Waals surface area contributed by atoms with Crippen LogP contribution in [0.5, 0.6) is 0 Å². The first-order chi connectivity index (χ1) is 20.8. The van der Waals surface area contributed by atoms with E-state index in [9.17, 15) is 0 Å². The Kier molecular flexibility index (Phi) is 38.9. The van der Waals surface area contributed by atoms with Gasteiger partial charge in [-0.2, -0.15) is 0 Å². The van der Waals surface area contributed by atoms with E-state index in [4.69, 9.17) is 10.5 Å². The fourth-order valence-electron chi connectivity index (χ4n) is 6.61. The van der Waals surface area contributed by atoms with Crippen LogP contribution in [-0.4, -0.2) is 19.8 Å². The van der Waals surface area contributed by atoms with Crippen LogP contribution in [0.1, 0.15) is 232 Å². The van der Waals surface area contributed by atoms with Crippen molar-refractivity contribution in [2.75, 3.05) is 19.8 Å². The van der Waals surface area contributed by atoms with Gasteiger partial charge in [-0.15, -0.1) is 0 Å². The fraction of sp³-hybridized carbons (Fsp3) is 1.00. The van der Waals surface area contributed by atoms with Crippen LogP contribution in [0.4, 0.5) is 0 Å². The third-order valence-corrected chi connectivity index (χ3v) is 9.55. The van der Waals surface area contributed by atoms with Crippen LogP contribution in [0.15, 0.2) is 0 Å². The van der Waals surface area contributed by atoms with Crippen molar-refractivity contribution in [1.82, 2.24) is 0 Å². The molecule has 0 aromatic heterocycles. The van der Waals surface area contributed by atoms with Crippen LogP contribution in [0.25, 0.3) is 0 Å². The molecule has 0 amide bonds. The second-order valence-electron chi connectivity index (χ2n) is 13.9. The summed E-state index contributed by atoms with van der Waals surface area (Å²) in [6.45, 7) is 6.94. The van der Waals surface area contributed by atoms with Gasteiger partial charge in [0.1, 0.15) is 0 Å². The second kappa shape index (κ2) is 38.9. The smallest absolute Gasteiger partial charge is 0.0588 e. The molecule has 42 heavy (non-hydrogen) atoms. The van der Waals surface area contributed by atoms with Crippen molar-refractivity contribution in [2.45, 2.75) is 232 Å². The van der Waals surface area contributed by atoms with Gasteiger partial charge in [0.25, 0.3) is 0 Å². The van der Waals surface area contributed by atoms with Gasteiger partial charge in [0.05, 0.1) is 6.61 Å². The molecular weight excluding hydrogens is 510 g/mol. The van der Waals surface area contributed by atoms with E-state index >= 15 is 0 Å². The Morgan fingerprint density at radius 1 is 0.357 bits per heavy atom. The van der Waals surface area contributed by atoms with Crippen molar-refractivity contribution in [3.05, 3.63) is 0 Å². The number of nitrogens with two attached hydrogens (primary N) is 1. The van der Waals surface area contributed by atoms with Crippen LogP contribution in [0.3, 0.4) is 0 Å². The Morgan fingerprint density at radius 3 is 0.833 bits per heavy atom. The number of unbranched alkanes of at least 4 members (excludes halogenated alkanes) is 30. The largest absolute Gasteiger partial charge is 0.380 e. The molecule has 0 heterocycles. The quantitative estimate of drug-likeness (QED) is 0.0723. The lowest BCUT2D eigenvalue weighted by Gasteiger charge is -2.17. The second-order valence-corrected chi connectivity index (χ2v) is 13.9. The molecule has 0 radical (unpaired) electrons. The van der Waals surface area contributed by atoms with Gasteiger partial charge in [-0.3, -0.25) is 0 Å². The van der Waals surface area contributed by atoms with Crippen molar-refractivity contribution in [3.8, 4) is 0 Å². The van der Waals surface area contributed by atoms with Crippen LogP contribution in [0.2, 0.25) is 0 Å². The van der Waals surface area contributed by atoms with E-state index in [0.717, 1.165) is 19.1 Å². The molecule has 0 unspecified atom stereocenters. The van der Waals surface area contributed by atoms with Gasteiger partial charge >= 0.3 is 0 Å². The molecule has 0 spiro atoms. The first-order valence-corrected chi connectivity index (χ1v) is 20.1. The van der Waals surface area contributed by atoms with Crippen molar-refractivity contribution >= 4 is 0 Å². The summed E-state index contributed by atoms with van der Waals surface area (Å²) in [4.78, 5) is 0. The highest BCUT2D eigenvalue weighted by atomic mass is 16.5. The zero-order valence-corrected chi connectivity index (χ0v) is 29.7. The predicted octanol–water partition coefficient (Wildman–Crippen LogP) is 13.9. The van der Waals surface area contributed by atoms with Gasteiger partial charge in [0.15, 0.2) is 0 Å². The molecule has 0 saturated carbocycles. The Hall–Kier alpha value is -0.0800. The summed E-state index contributed by atoms with van der Waals surface area (Å²) in [5.41, 5.74) is 5.67. The van der Waals surface area contributed by atoms with Crippen LogP contribution < -0.4 is 5.73 Å². The molecule has 2 N–H and O–H groups in total. The van der Waals surface area contributed by atoms with Gasteiger partial charge in [0.2, 0.25) is 0 Å². The van der Waals surface area contributed by atoms with Crippen LogP contribution in [-0.2, 0) is 4.74 Å². The number of hydrogen-bond acceptors (Lipinski definition) is 2. The third kappa shape index (κ3) is 36.1. The fourth-order valence-corrected chi connectivity index (χ4v) is 6.61. The standard InChI is InChI=1S/C40H83NO/c1-3-5-7-9-11-13-15-17-19-21-23-25-27-29-31-33-35-40(39-42-38-37-41)36-34-32-30-28-26-24-22-20-18-16-14-12-10-8-6-4-2/h40H,3-39,41H2,1-2H3. The molecule has 0 bridgehead atoms. The Morgan fingerprint density at radius 2 is 0.595 bits per heavy atom. The van der Waals surface area contributed by atoms with E-state index in [2.05, 4.69) is 13.8 Å². The number of rotatable bonds is 38. The SMILES string of the molecule is CCCCCCCCCCCCCCCCCCC(CCCCCCCCCCCCCCCCCC)COCCN. The van der Waals surface area contributed by atoms with Gasteiger partial charge in [0, 0.05) is 13.2 Å². The minimum absolute atomic E-state index is 0.658. The molecule has 0 rings (SSSR count). The maximum absolute atomic E-state index is 5.88. The van der Waals surface area contributed by atoms with Gasteiger partial charge in [-0.1, -0.05) is 219 Å². The molecule has 2 heteroatoms. The highest BCUT2D eigenvalue weighted by Gasteiger charge is 2.09. The van der Waals surface area contributed by atoms with Crippen LogP contribution >= 0.6 is 0 Å². The monoisotopic (exact) mass is 594 g/mol. The summed E-state index contributed by atoms with van der Waals surface area (Å²) in [6, 6.07) is 0.